The van der Waals surface area contributed by atoms with Gasteiger partial charge in [-0.05, 0) is 82.4 Å². The zero-order valence-corrected chi connectivity index (χ0v) is 21.4. The summed E-state index contributed by atoms with van der Waals surface area (Å²) in [5.41, 5.74) is 2.08. The molecular weight excluding hydrogens is 560 g/mol. The molecule has 2 N–H and O–H groups in total. The van der Waals surface area contributed by atoms with Crippen LogP contribution >= 0.6 is 34.4 Å². The summed E-state index contributed by atoms with van der Waals surface area (Å²) in [6, 6.07) is 27.4. The fraction of sp³-hybridized carbons (Fsp3) is 0.111. The Bertz CT molecular complexity index is 1270. The highest BCUT2D eigenvalue weighted by Gasteiger charge is 2.38. The monoisotopic (exact) mass is 583 g/mol. The van der Waals surface area contributed by atoms with Crippen molar-refractivity contribution >= 4 is 46.1 Å². The van der Waals surface area contributed by atoms with Gasteiger partial charge in [-0.25, -0.2) is 9.18 Å². The van der Waals surface area contributed by atoms with Gasteiger partial charge in [0.15, 0.2) is 0 Å². The number of anilines is 1. The first-order valence-electron chi connectivity index (χ1n) is 10.6. The van der Waals surface area contributed by atoms with E-state index < -0.39 is 17.4 Å². The standard InChI is InChI=1S/C27H23FIN3OS/c1-34-24-12-5-9-20(15-24)27(17-19-7-3-2-4-8-19,25-14-13-22(29)18-30-25)32-26(33)31-23-11-6-10-21(28)16-23/h2-16,18H,17H2,1H3,(H2,31,32,33). The molecule has 0 aliphatic heterocycles. The molecule has 34 heavy (non-hydrogen) atoms. The van der Waals surface area contributed by atoms with Crippen LogP contribution in [-0.4, -0.2) is 17.3 Å². The maximum absolute atomic E-state index is 13.7. The van der Waals surface area contributed by atoms with Crippen molar-refractivity contribution in [3.8, 4) is 0 Å². The maximum Gasteiger partial charge on any atom is 0.320 e. The SMILES string of the molecule is CSc1cccc(C(Cc2ccccc2)(NC(=O)Nc2cccc(F)c2)c2ccc(I)cn2)c1. The Morgan fingerprint density at radius 2 is 1.79 bits per heavy atom. The van der Waals surface area contributed by atoms with E-state index in [1.54, 1.807) is 30.1 Å². The second kappa shape index (κ2) is 11.0. The molecule has 0 radical (unpaired) electrons. The number of amides is 2. The van der Waals surface area contributed by atoms with Crippen molar-refractivity contribution in [1.29, 1.82) is 0 Å². The van der Waals surface area contributed by atoms with E-state index in [9.17, 15) is 9.18 Å². The van der Waals surface area contributed by atoms with Gasteiger partial charge in [0.25, 0.3) is 0 Å². The van der Waals surface area contributed by atoms with Gasteiger partial charge in [0.1, 0.15) is 11.4 Å². The largest absolute Gasteiger partial charge is 0.322 e. The van der Waals surface area contributed by atoms with E-state index >= 15 is 0 Å². The average molecular weight is 583 g/mol. The van der Waals surface area contributed by atoms with Crippen molar-refractivity contribution in [3.63, 3.8) is 0 Å². The Morgan fingerprint density at radius 3 is 2.50 bits per heavy atom. The van der Waals surface area contributed by atoms with E-state index in [4.69, 9.17) is 4.98 Å². The second-order valence-electron chi connectivity index (χ2n) is 7.75. The lowest BCUT2D eigenvalue weighted by atomic mass is 9.80. The van der Waals surface area contributed by atoms with Crippen LogP contribution in [0, 0.1) is 9.39 Å². The van der Waals surface area contributed by atoms with E-state index in [1.807, 2.05) is 66.9 Å². The summed E-state index contributed by atoms with van der Waals surface area (Å²) in [4.78, 5) is 19.1. The van der Waals surface area contributed by atoms with E-state index in [-0.39, 0.29) is 0 Å². The molecule has 0 aliphatic carbocycles. The molecule has 0 saturated carbocycles. The second-order valence-corrected chi connectivity index (χ2v) is 9.88. The number of nitrogens with one attached hydrogen (secondary N) is 2. The number of hydrogen-bond donors (Lipinski definition) is 2. The van der Waals surface area contributed by atoms with Crippen molar-refractivity contribution in [2.24, 2.45) is 0 Å². The van der Waals surface area contributed by atoms with Crippen LogP contribution in [0.2, 0.25) is 0 Å². The van der Waals surface area contributed by atoms with Crippen LogP contribution in [0.3, 0.4) is 0 Å². The van der Waals surface area contributed by atoms with Gasteiger partial charge in [-0.1, -0.05) is 48.5 Å². The predicted octanol–water partition coefficient (Wildman–Crippen LogP) is 6.86. The number of carbonyl (C=O) groups excluding carboxylic acids is 1. The zero-order valence-electron chi connectivity index (χ0n) is 18.5. The molecule has 4 rings (SSSR count). The molecule has 0 bridgehead atoms. The fourth-order valence-corrected chi connectivity index (χ4v) is 4.64. The minimum Gasteiger partial charge on any atom is -0.322 e. The highest BCUT2D eigenvalue weighted by atomic mass is 127. The summed E-state index contributed by atoms with van der Waals surface area (Å²) in [5.74, 6) is -0.416. The maximum atomic E-state index is 13.7. The van der Waals surface area contributed by atoms with Crippen LogP contribution < -0.4 is 10.6 Å². The molecule has 3 aromatic carbocycles. The number of pyridine rings is 1. The number of carbonyl (C=O) groups is 1. The minimum absolute atomic E-state index is 0.375. The summed E-state index contributed by atoms with van der Waals surface area (Å²) in [6.45, 7) is 0. The molecular formula is C27H23FIN3OS. The average Bonchev–Trinajstić information content (AvgIpc) is 2.84. The summed E-state index contributed by atoms with van der Waals surface area (Å²) in [7, 11) is 0. The summed E-state index contributed by atoms with van der Waals surface area (Å²) in [6.07, 6.45) is 4.29. The lowest BCUT2D eigenvalue weighted by molar-refractivity contribution is 0.241. The van der Waals surface area contributed by atoms with Crippen molar-refractivity contribution in [2.75, 3.05) is 11.6 Å². The van der Waals surface area contributed by atoms with Gasteiger partial charge >= 0.3 is 6.03 Å². The Morgan fingerprint density at radius 1 is 1.00 bits per heavy atom. The highest BCUT2D eigenvalue weighted by molar-refractivity contribution is 14.1. The van der Waals surface area contributed by atoms with Crippen molar-refractivity contribution in [1.82, 2.24) is 10.3 Å². The van der Waals surface area contributed by atoms with E-state index in [0.717, 1.165) is 19.6 Å². The van der Waals surface area contributed by atoms with Gasteiger partial charge in [0, 0.05) is 26.8 Å². The molecule has 4 aromatic rings. The van der Waals surface area contributed by atoms with Crippen LogP contribution in [0.5, 0.6) is 0 Å². The smallest absolute Gasteiger partial charge is 0.320 e. The van der Waals surface area contributed by atoms with Gasteiger partial charge < -0.3 is 10.6 Å². The van der Waals surface area contributed by atoms with Crippen LogP contribution in [0.15, 0.2) is 102 Å². The van der Waals surface area contributed by atoms with Gasteiger partial charge in [0.05, 0.1) is 5.69 Å². The molecule has 0 fully saturated rings. The van der Waals surface area contributed by atoms with Gasteiger partial charge in [0.2, 0.25) is 0 Å². The number of hydrogen-bond acceptors (Lipinski definition) is 3. The van der Waals surface area contributed by atoms with Crippen LogP contribution in [-0.2, 0) is 12.0 Å². The Hall–Kier alpha value is -2.91. The molecule has 1 atom stereocenters. The van der Waals surface area contributed by atoms with E-state index in [1.165, 1.54) is 12.1 Å². The molecule has 1 heterocycles. The molecule has 7 heteroatoms. The topological polar surface area (TPSA) is 54.0 Å². The predicted molar refractivity (Wildman–Crippen MR) is 145 cm³/mol. The number of thioether (sulfide) groups is 1. The molecule has 1 aromatic heterocycles. The third-order valence-corrected chi connectivity index (χ3v) is 6.81. The van der Waals surface area contributed by atoms with Crippen LogP contribution in [0.4, 0.5) is 14.9 Å². The molecule has 172 valence electrons. The van der Waals surface area contributed by atoms with Crippen molar-refractivity contribution < 1.29 is 9.18 Å². The highest BCUT2D eigenvalue weighted by Crippen LogP contribution is 2.35. The van der Waals surface area contributed by atoms with Crippen LogP contribution in [0.25, 0.3) is 0 Å². The third kappa shape index (κ3) is 5.77. The lowest BCUT2D eigenvalue weighted by Gasteiger charge is -2.35. The number of rotatable bonds is 7. The summed E-state index contributed by atoms with van der Waals surface area (Å²) in [5, 5.41) is 5.98. The van der Waals surface area contributed by atoms with Crippen molar-refractivity contribution in [3.05, 3.63) is 123 Å². The van der Waals surface area contributed by atoms with E-state index in [2.05, 4.69) is 39.3 Å². The first-order valence-corrected chi connectivity index (χ1v) is 12.9. The lowest BCUT2D eigenvalue weighted by Crippen LogP contribution is -2.50. The molecule has 1 unspecified atom stereocenters. The molecule has 0 saturated heterocycles. The van der Waals surface area contributed by atoms with Gasteiger partial charge in [-0.3, -0.25) is 4.98 Å². The van der Waals surface area contributed by atoms with Crippen molar-refractivity contribution in [2.45, 2.75) is 16.9 Å². The Kier molecular flexibility index (Phi) is 7.84. The summed E-state index contributed by atoms with van der Waals surface area (Å²) < 4.78 is 14.7. The molecule has 0 spiro atoms. The number of benzene rings is 3. The summed E-state index contributed by atoms with van der Waals surface area (Å²) >= 11 is 3.85. The molecule has 0 aliphatic rings. The fourth-order valence-electron chi connectivity index (χ4n) is 3.86. The normalized spacial score (nSPS) is 12.6. The first-order chi connectivity index (χ1) is 16.5. The first kappa shape index (κ1) is 24.2. The Labute approximate surface area is 216 Å². The number of urea groups is 1. The molecule has 4 nitrogen and oxygen atoms in total. The quantitative estimate of drug-likeness (QED) is 0.185. The van der Waals surface area contributed by atoms with Crippen LogP contribution in [0.1, 0.15) is 16.8 Å². The molecule has 2 amide bonds. The van der Waals surface area contributed by atoms with Gasteiger partial charge in [-0.15, -0.1) is 11.8 Å². The third-order valence-electron chi connectivity index (χ3n) is 5.45. The number of nitrogens with zero attached hydrogens (tertiary/aromatic N) is 1. The van der Waals surface area contributed by atoms with E-state index in [0.29, 0.717) is 17.8 Å². The zero-order chi connectivity index (χ0) is 24.0. The number of halogens is 2. The van der Waals surface area contributed by atoms with Gasteiger partial charge in [-0.2, -0.15) is 0 Å². The minimum atomic E-state index is -0.963. The Balaban J connectivity index is 1.83. The number of aromatic nitrogens is 1.